The molecule has 2 N–H and O–H groups in total. The highest BCUT2D eigenvalue weighted by Gasteiger charge is 2.37. The van der Waals surface area contributed by atoms with E-state index < -0.39 is 0 Å². The topological polar surface area (TPSA) is 44.4 Å². The minimum absolute atomic E-state index is 0.0228. The van der Waals surface area contributed by atoms with Gasteiger partial charge in [-0.25, -0.2) is 0 Å². The predicted octanol–water partition coefficient (Wildman–Crippen LogP) is 0.833. The minimum atomic E-state index is -0.0228. The van der Waals surface area contributed by atoms with Crippen LogP contribution >= 0.6 is 0 Å². The summed E-state index contributed by atoms with van der Waals surface area (Å²) in [6.45, 7) is 8.44. The summed E-state index contributed by atoms with van der Waals surface area (Å²) in [6, 6.07) is -0.0228. The summed E-state index contributed by atoms with van der Waals surface area (Å²) in [5.74, 6) is 0.819. The molecular formula is C14H27N3O. The lowest BCUT2D eigenvalue weighted by Crippen LogP contribution is -2.56. The lowest BCUT2D eigenvalue weighted by atomic mass is 9.77. The van der Waals surface area contributed by atoms with Crippen LogP contribution in [0.2, 0.25) is 0 Å². The van der Waals surface area contributed by atoms with E-state index in [-0.39, 0.29) is 17.4 Å². The zero-order valence-electron chi connectivity index (χ0n) is 12.0. The predicted molar refractivity (Wildman–Crippen MR) is 73.4 cm³/mol. The standard InChI is InChI=1S/C14H27N3O/c1-14(2)6-4-7-15-12(14)13(18)16-9-11-5-8-17(3)10-11/h11-12,15H,4-10H2,1-3H3,(H,16,18). The number of amides is 1. The number of carbonyl (C=O) groups is 1. The molecule has 0 aromatic heterocycles. The molecule has 2 aliphatic rings. The molecule has 0 bridgehead atoms. The third-order valence-corrected chi connectivity index (χ3v) is 4.44. The van der Waals surface area contributed by atoms with Gasteiger partial charge in [0.1, 0.15) is 0 Å². The fraction of sp³-hybridized carbons (Fsp3) is 0.929. The van der Waals surface area contributed by atoms with Gasteiger partial charge in [-0.2, -0.15) is 0 Å². The molecule has 2 heterocycles. The third-order valence-electron chi connectivity index (χ3n) is 4.44. The highest BCUT2D eigenvalue weighted by Crippen LogP contribution is 2.30. The second-order valence-corrected chi connectivity index (χ2v) is 6.64. The van der Waals surface area contributed by atoms with Crippen LogP contribution in [0.5, 0.6) is 0 Å². The number of hydrogen-bond acceptors (Lipinski definition) is 3. The van der Waals surface area contributed by atoms with E-state index >= 15 is 0 Å². The van der Waals surface area contributed by atoms with Crippen molar-refractivity contribution in [1.82, 2.24) is 15.5 Å². The number of nitrogens with one attached hydrogen (secondary N) is 2. The second-order valence-electron chi connectivity index (χ2n) is 6.64. The molecule has 2 unspecified atom stereocenters. The van der Waals surface area contributed by atoms with Gasteiger partial charge in [0, 0.05) is 13.1 Å². The molecule has 2 fully saturated rings. The van der Waals surface area contributed by atoms with Crippen molar-refractivity contribution in [2.75, 3.05) is 33.2 Å². The average molecular weight is 253 g/mol. The number of piperidine rings is 1. The average Bonchev–Trinajstić information content (AvgIpc) is 2.71. The molecule has 2 aliphatic heterocycles. The van der Waals surface area contributed by atoms with Crippen LogP contribution in [0.25, 0.3) is 0 Å². The quantitative estimate of drug-likeness (QED) is 0.783. The summed E-state index contributed by atoms with van der Waals surface area (Å²) in [5, 5.41) is 6.51. The van der Waals surface area contributed by atoms with Crippen LogP contribution in [0.3, 0.4) is 0 Å². The van der Waals surface area contributed by atoms with Gasteiger partial charge in [-0.05, 0) is 50.7 Å². The maximum atomic E-state index is 12.3. The zero-order chi connectivity index (χ0) is 13.2. The van der Waals surface area contributed by atoms with E-state index in [0.29, 0.717) is 5.92 Å². The molecule has 0 aromatic rings. The zero-order valence-corrected chi connectivity index (χ0v) is 12.0. The van der Waals surface area contributed by atoms with Gasteiger partial charge in [0.05, 0.1) is 6.04 Å². The molecule has 2 rings (SSSR count). The van der Waals surface area contributed by atoms with Gasteiger partial charge in [0.2, 0.25) is 5.91 Å². The minimum Gasteiger partial charge on any atom is -0.354 e. The monoisotopic (exact) mass is 253 g/mol. The number of hydrogen-bond donors (Lipinski definition) is 2. The van der Waals surface area contributed by atoms with Gasteiger partial charge in [-0.15, -0.1) is 0 Å². The Hall–Kier alpha value is -0.610. The Morgan fingerprint density at radius 3 is 2.89 bits per heavy atom. The van der Waals surface area contributed by atoms with Crippen LogP contribution in [0.15, 0.2) is 0 Å². The first kappa shape index (κ1) is 13.8. The largest absolute Gasteiger partial charge is 0.354 e. The number of nitrogens with zero attached hydrogens (tertiary/aromatic N) is 1. The van der Waals surface area contributed by atoms with Crippen LogP contribution in [0.4, 0.5) is 0 Å². The summed E-state index contributed by atoms with van der Waals surface area (Å²) in [5.41, 5.74) is 0.0782. The van der Waals surface area contributed by atoms with Gasteiger partial charge >= 0.3 is 0 Å². The Bertz CT molecular complexity index is 303. The number of likely N-dealkylation sites (tertiary alicyclic amines) is 1. The van der Waals surface area contributed by atoms with Gasteiger partial charge in [0.15, 0.2) is 0 Å². The molecule has 0 aliphatic carbocycles. The first-order valence-corrected chi connectivity index (χ1v) is 7.19. The van der Waals surface area contributed by atoms with Crippen molar-refractivity contribution in [3.8, 4) is 0 Å². The number of carbonyl (C=O) groups excluding carboxylic acids is 1. The Labute approximate surface area is 110 Å². The van der Waals surface area contributed by atoms with E-state index in [1.54, 1.807) is 0 Å². The van der Waals surface area contributed by atoms with Crippen molar-refractivity contribution in [2.24, 2.45) is 11.3 Å². The van der Waals surface area contributed by atoms with Gasteiger partial charge in [-0.1, -0.05) is 13.8 Å². The molecule has 2 saturated heterocycles. The SMILES string of the molecule is CN1CCC(CNC(=O)C2NCCCC2(C)C)C1. The van der Waals surface area contributed by atoms with Gasteiger partial charge < -0.3 is 15.5 Å². The molecule has 4 nitrogen and oxygen atoms in total. The summed E-state index contributed by atoms with van der Waals surface area (Å²) in [7, 11) is 2.15. The second kappa shape index (κ2) is 5.57. The Morgan fingerprint density at radius 1 is 1.50 bits per heavy atom. The maximum Gasteiger partial charge on any atom is 0.237 e. The Kier molecular flexibility index (Phi) is 4.28. The van der Waals surface area contributed by atoms with Crippen molar-refractivity contribution < 1.29 is 4.79 Å². The third kappa shape index (κ3) is 3.23. The van der Waals surface area contributed by atoms with E-state index in [4.69, 9.17) is 0 Å². The molecule has 104 valence electrons. The van der Waals surface area contributed by atoms with Crippen molar-refractivity contribution in [3.63, 3.8) is 0 Å². The van der Waals surface area contributed by atoms with E-state index in [1.165, 1.54) is 12.8 Å². The molecular weight excluding hydrogens is 226 g/mol. The van der Waals surface area contributed by atoms with E-state index in [0.717, 1.165) is 32.6 Å². The maximum absolute atomic E-state index is 12.3. The van der Waals surface area contributed by atoms with Crippen molar-refractivity contribution in [2.45, 2.75) is 39.2 Å². The molecule has 0 aromatic carbocycles. The van der Waals surface area contributed by atoms with Crippen molar-refractivity contribution in [3.05, 3.63) is 0 Å². The normalized spacial score (nSPS) is 32.4. The van der Waals surface area contributed by atoms with Crippen molar-refractivity contribution in [1.29, 1.82) is 0 Å². The first-order valence-electron chi connectivity index (χ1n) is 7.19. The Morgan fingerprint density at radius 2 is 2.28 bits per heavy atom. The van der Waals surface area contributed by atoms with Gasteiger partial charge in [0.25, 0.3) is 0 Å². The molecule has 0 radical (unpaired) electrons. The van der Waals surface area contributed by atoms with E-state index in [2.05, 4.69) is 36.4 Å². The van der Waals surface area contributed by atoms with Crippen LogP contribution in [-0.4, -0.2) is 50.1 Å². The molecule has 2 atom stereocenters. The lowest BCUT2D eigenvalue weighted by molar-refractivity contribution is -0.126. The highest BCUT2D eigenvalue weighted by molar-refractivity contribution is 5.82. The lowest BCUT2D eigenvalue weighted by Gasteiger charge is -2.38. The summed E-state index contributed by atoms with van der Waals surface area (Å²) >= 11 is 0. The Balaban J connectivity index is 1.80. The van der Waals surface area contributed by atoms with Crippen LogP contribution in [0, 0.1) is 11.3 Å². The van der Waals surface area contributed by atoms with Crippen LogP contribution < -0.4 is 10.6 Å². The van der Waals surface area contributed by atoms with Crippen LogP contribution in [0.1, 0.15) is 33.1 Å². The summed E-state index contributed by atoms with van der Waals surface area (Å²) in [4.78, 5) is 14.6. The van der Waals surface area contributed by atoms with Gasteiger partial charge in [-0.3, -0.25) is 4.79 Å². The molecule has 0 spiro atoms. The highest BCUT2D eigenvalue weighted by atomic mass is 16.2. The fourth-order valence-corrected chi connectivity index (χ4v) is 3.20. The van der Waals surface area contributed by atoms with E-state index in [9.17, 15) is 4.79 Å². The molecule has 1 amide bonds. The van der Waals surface area contributed by atoms with Crippen LogP contribution in [-0.2, 0) is 4.79 Å². The number of rotatable bonds is 3. The summed E-state index contributed by atoms with van der Waals surface area (Å²) in [6.07, 6.45) is 3.51. The first-order chi connectivity index (χ1) is 8.49. The fourth-order valence-electron chi connectivity index (χ4n) is 3.20. The summed E-state index contributed by atoms with van der Waals surface area (Å²) < 4.78 is 0. The van der Waals surface area contributed by atoms with E-state index in [1.807, 2.05) is 0 Å². The van der Waals surface area contributed by atoms with Crippen molar-refractivity contribution >= 4 is 5.91 Å². The molecule has 0 saturated carbocycles. The smallest absolute Gasteiger partial charge is 0.237 e. The molecule has 18 heavy (non-hydrogen) atoms. The molecule has 4 heteroatoms.